The van der Waals surface area contributed by atoms with Gasteiger partial charge in [-0.3, -0.25) is 19.2 Å². The second kappa shape index (κ2) is 60.7. The molecule has 57 nitrogen and oxygen atoms in total. The van der Waals surface area contributed by atoms with Crippen molar-refractivity contribution in [2.24, 2.45) is 23.7 Å². The van der Waals surface area contributed by atoms with Crippen LogP contribution in [0.4, 0.5) is 0 Å². The molecule has 10 aliphatic rings. The second-order valence-corrected chi connectivity index (χ2v) is 38.1. The molecule has 2 amide bonds. The van der Waals surface area contributed by atoms with Gasteiger partial charge < -0.3 is 253 Å². The second-order valence-electron chi connectivity index (χ2n) is 38.1. The monoisotopic (exact) mass is 2130 g/mol. The molecule has 31 N–H and O–H groups in total. The fraction of sp³-hybridized carbons (Fsp3) is 0.944. The van der Waals surface area contributed by atoms with Crippen LogP contribution < -0.4 is 10.6 Å². The van der Waals surface area contributed by atoms with Crippen molar-refractivity contribution in [1.82, 2.24) is 10.6 Å². The average Bonchev–Trinajstić information content (AvgIpc) is 0.762. The molecule has 0 aliphatic carbocycles. The molecule has 0 spiro atoms. The van der Waals surface area contributed by atoms with Crippen molar-refractivity contribution in [3.63, 3.8) is 0 Å². The first kappa shape index (κ1) is 127. The van der Waals surface area contributed by atoms with Crippen LogP contribution in [0.3, 0.4) is 0 Å². The zero-order chi connectivity index (χ0) is 108. The Kier molecular flexibility index (Phi) is 52.7. The number of hydrogen-bond donors (Lipinski definition) is 31. The third-order valence-corrected chi connectivity index (χ3v) is 27.7. The minimum atomic E-state index is -2.07. The minimum Gasteiger partial charge on any atom is -0.394 e. The third-order valence-electron chi connectivity index (χ3n) is 27.7. The molecule has 57 heteroatoms. The molecule has 146 heavy (non-hydrogen) atoms. The Morgan fingerprint density at radius 3 is 1.25 bits per heavy atom. The number of aliphatic hydroxyl groups excluding tert-OH is 29. The van der Waals surface area contributed by atoms with Crippen LogP contribution in [0.25, 0.3) is 0 Å². The summed E-state index contributed by atoms with van der Waals surface area (Å²) in [5.41, 5.74) is 0. The molecule has 53 atom stereocenters. The van der Waals surface area contributed by atoms with E-state index in [0.717, 1.165) is 33.1 Å². The smallest absolute Gasteiger partial charge is 0.373 e. The Hall–Kier alpha value is -4.30. The standard InChI is InChI=1S/C55H97NO28.C33H57NO25.CO2/c1-25(14-10-6-8-12-16-75-53-45(72)40(67)26(2)34(21-58)77-53)31(64)18-30(28(4)62)15-11-7-9-13-17-76-54-46(73)44(71)48(36(23-60)79-54)83-55-47(74)51(49(37(24-61)80-55)84-52-27(3)41(68)43(70)35(22-59)78-52)82-38-19-32(65)39(56-29(5)63)50(81-38)42(69)33(66)20-57;1-8-15(40)19(44)22(47)31(51-8)59-28-20(45)16(41)10(4-35)54-33(28)57-26-14(34-9(2)39)29(52-11(5-36)17(26)42)58-27-18(43)12(6-37)53-32(24(27)49)56-25-13(7-38)55-30(50-3)23(48)21(25)46;2-1-3/h25-27,30,32-55,57-61,65-74H,6-24H2,1-5H3,(H,56,63);8,10-33,35-38,40-49H,4-7H2,1-3H3,(H,34,39);/t25-,26+,27?,30+,32?,33+,34?,35?,36?,37?,38?,39+,40-,41+,42+,43-,44+,45?,46?,47?,48+,49-,50+,51+,52-,53+,54+,55-;8?,10?,11?,12?,13?,14?,15-,16+,17+,18+,19+,20+,21-,22?,23?,24?,25+,26-,27+,28?,29+,30-,31+,32-,33+;/m01./s1. The van der Waals surface area contributed by atoms with Crippen molar-refractivity contribution in [2.45, 2.75) is 426 Å². The van der Waals surface area contributed by atoms with Crippen molar-refractivity contribution >= 4 is 29.5 Å². The van der Waals surface area contributed by atoms with Gasteiger partial charge in [0.2, 0.25) is 11.8 Å². The van der Waals surface area contributed by atoms with Gasteiger partial charge in [0.1, 0.15) is 213 Å². The highest BCUT2D eigenvalue weighted by Crippen LogP contribution is 2.42. The van der Waals surface area contributed by atoms with Gasteiger partial charge in [-0.15, -0.1) is 0 Å². The van der Waals surface area contributed by atoms with E-state index in [-0.39, 0.29) is 43.3 Å². The van der Waals surface area contributed by atoms with E-state index in [4.69, 9.17) is 104 Å². The van der Waals surface area contributed by atoms with Crippen molar-refractivity contribution in [3.8, 4) is 0 Å². The number of ether oxygens (including phenoxy) is 20. The molecule has 0 aromatic carbocycles. The predicted molar refractivity (Wildman–Crippen MR) is 472 cm³/mol. The van der Waals surface area contributed by atoms with Gasteiger partial charge in [0.15, 0.2) is 62.9 Å². The van der Waals surface area contributed by atoms with Crippen LogP contribution in [-0.4, -0.2) is 558 Å². The first-order chi connectivity index (χ1) is 69.2. The minimum absolute atomic E-state index is 0.0145. The summed E-state index contributed by atoms with van der Waals surface area (Å²) in [5.74, 6) is -3.67. The van der Waals surface area contributed by atoms with Gasteiger partial charge in [0, 0.05) is 70.7 Å². The molecule has 0 bridgehead atoms. The van der Waals surface area contributed by atoms with Crippen molar-refractivity contribution in [1.29, 1.82) is 0 Å². The lowest BCUT2D eigenvalue weighted by atomic mass is 9.87. The van der Waals surface area contributed by atoms with E-state index in [0.29, 0.717) is 51.6 Å². The third kappa shape index (κ3) is 32.5. The zero-order valence-corrected chi connectivity index (χ0v) is 81.9. The fourth-order valence-electron chi connectivity index (χ4n) is 18.8. The van der Waals surface area contributed by atoms with Crippen molar-refractivity contribution < 1.29 is 272 Å². The quantitative estimate of drug-likeness (QED) is 0.0252. The summed E-state index contributed by atoms with van der Waals surface area (Å²) in [6, 6.07) is -3.06. The molecule has 10 saturated heterocycles. The highest BCUT2D eigenvalue weighted by Gasteiger charge is 2.61. The lowest BCUT2D eigenvalue weighted by Crippen LogP contribution is -2.70. The predicted octanol–water partition coefficient (Wildman–Crippen LogP) is -15.4. The normalized spacial score (nSPS) is 43.6. The van der Waals surface area contributed by atoms with E-state index >= 15 is 0 Å². The van der Waals surface area contributed by atoms with Crippen LogP contribution in [-0.2, 0) is 124 Å². The number of carbonyl (C=O) groups is 4. The largest absolute Gasteiger partial charge is 0.394 e. The average molecular weight is 2130 g/mol. The molecule has 10 aliphatic heterocycles. The lowest BCUT2D eigenvalue weighted by Gasteiger charge is -2.50. The van der Waals surface area contributed by atoms with E-state index in [9.17, 15) is 167 Å². The van der Waals surface area contributed by atoms with Gasteiger partial charge in [-0.25, -0.2) is 0 Å². The maximum Gasteiger partial charge on any atom is 0.373 e. The lowest BCUT2D eigenvalue weighted by molar-refractivity contribution is -0.391. The number of carbonyl (C=O) groups excluding carboxylic acids is 6. The topological polar surface area (TPSA) is 898 Å². The molecular weight excluding hydrogens is 1980 g/mol. The fourth-order valence-corrected chi connectivity index (χ4v) is 18.8. The molecule has 0 radical (unpaired) electrons. The highest BCUT2D eigenvalue weighted by atomic mass is 16.8. The van der Waals surface area contributed by atoms with Crippen LogP contribution in [0.5, 0.6) is 0 Å². The first-order valence-electron chi connectivity index (χ1n) is 48.8. The van der Waals surface area contributed by atoms with Gasteiger partial charge >= 0.3 is 6.15 Å². The molecule has 20 unspecified atom stereocenters. The van der Waals surface area contributed by atoms with Gasteiger partial charge in [-0.05, 0) is 39.5 Å². The van der Waals surface area contributed by atoms with E-state index in [2.05, 4.69) is 10.6 Å². The Bertz CT molecular complexity index is 3800. The van der Waals surface area contributed by atoms with E-state index < -0.39 is 390 Å². The molecular formula is C89H154N2O55. The number of ketones is 2. The number of rotatable bonds is 48. The SMILES string of the molecule is CC(=O)N[C@@H]1C(O)CC(O[C@@H]2C(O)[C@H](O[C@@H]3C(CO)O[C@@H](OCCCCCC[C@H](CC(=O)[C@@H](C)CCCCCCO[C@@H]4OC(CO)[C@@H](C)[C@H](O)C4O)C(C)=O)C(O)[C@H]3O)OC(CO)[C@@H]2O[C@@H]2OC(CO)[C@H](O)[C@H](O)C2C)O[C@H]1[C@H](O)[C@H](O)CO.CO[C@@H]1OC(CO)[C@H](O[C@H]2OC(CO)[C@H](O)[C@H](O[C@@H]3OC(CO)[C@H](O)[C@H](O[C@@H]4OC(CO)[C@H](O)[C@H](O)C4O[C@@H]4OC(C)[C@@H](O)[C@H](O)C4O)C3NC(C)=O)C2O)[C@H](O)C1O.O=C=O. The zero-order valence-electron chi connectivity index (χ0n) is 81.9. The van der Waals surface area contributed by atoms with Crippen LogP contribution in [0.2, 0.25) is 0 Å². The van der Waals surface area contributed by atoms with Crippen molar-refractivity contribution in [2.75, 3.05) is 79.8 Å². The summed E-state index contributed by atoms with van der Waals surface area (Å²) in [6.07, 6.45) is -71.2. The van der Waals surface area contributed by atoms with Gasteiger partial charge in [0.05, 0.1) is 96.0 Å². The van der Waals surface area contributed by atoms with Gasteiger partial charge in [-0.1, -0.05) is 59.3 Å². The summed E-state index contributed by atoms with van der Waals surface area (Å²) < 4.78 is 115. The summed E-state index contributed by atoms with van der Waals surface area (Å²) in [7, 11) is 1.17. The molecule has 850 valence electrons. The maximum atomic E-state index is 13.2. The Balaban J connectivity index is 0.000000367. The molecule has 0 aromatic rings. The first-order valence-corrected chi connectivity index (χ1v) is 48.8. The van der Waals surface area contributed by atoms with Gasteiger partial charge in [-0.2, -0.15) is 9.59 Å². The Labute approximate surface area is 838 Å². The number of methoxy groups -OCH3 is 1. The number of Topliss-reactive ketones (excluding diaryl/α,β-unsaturated/α-hetero) is 2. The number of nitrogens with one attached hydrogen (secondary N) is 2. The van der Waals surface area contributed by atoms with Crippen LogP contribution in [0, 0.1) is 23.7 Å². The van der Waals surface area contributed by atoms with Crippen LogP contribution >= 0.6 is 0 Å². The summed E-state index contributed by atoms with van der Waals surface area (Å²) >= 11 is 0. The van der Waals surface area contributed by atoms with E-state index in [1.54, 1.807) is 6.92 Å². The Morgan fingerprint density at radius 2 is 0.733 bits per heavy atom. The van der Waals surface area contributed by atoms with Gasteiger partial charge in [0.25, 0.3) is 0 Å². The van der Waals surface area contributed by atoms with Crippen molar-refractivity contribution in [3.05, 3.63) is 0 Å². The summed E-state index contributed by atoms with van der Waals surface area (Å²) in [5, 5.41) is 313. The Morgan fingerprint density at radius 1 is 0.349 bits per heavy atom. The molecule has 10 rings (SSSR count). The number of amides is 2. The molecule has 10 heterocycles. The van der Waals surface area contributed by atoms with Crippen LogP contribution in [0.15, 0.2) is 0 Å². The van der Waals surface area contributed by atoms with E-state index in [1.165, 1.54) is 27.9 Å². The number of unbranched alkanes of at least 4 members (excludes halogenated alkanes) is 6. The maximum absolute atomic E-state index is 13.2. The molecule has 0 aromatic heterocycles. The molecule has 10 fully saturated rings. The van der Waals surface area contributed by atoms with Crippen LogP contribution in [0.1, 0.15) is 126 Å². The molecule has 0 saturated carbocycles. The number of aliphatic hydroxyl groups is 29. The highest BCUT2D eigenvalue weighted by molar-refractivity contribution is 5.87. The summed E-state index contributed by atoms with van der Waals surface area (Å²) in [6.45, 7) is 2.94. The summed E-state index contributed by atoms with van der Waals surface area (Å²) in [4.78, 5) is 66.7. The van der Waals surface area contributed by atoms with E-state index in [1.807, 2.05) is 6.92 Å². The number of hydrogen-bond acceptors (Lipinski definition) is 55.